The fourth-order valence-electron chi connectivity index (χ4n) is 1.41. The predicted molar refractivity (Wildman–Crippen MR) is 72.9 cm³/mol. The lowest BCUT2D eigenvalue weighted by molar-refractivity contribution is -0.139. The van der Waals surface area contributed by atoms with Crippen molar-refractivity contribution in [2.75, 3.05) is 38.7 Å². The van der Waals surface area contributed by atoms with Crippen LogP contribution in [0, 0.1) is 0 Å². The Hall–Kier alpha value is -2.12. The van der Waals surface area contributed by atoms with Crippen LogP contribution >= 0.6 is 0 Å². The zero-order valence-corrected chi connectivity index (χ0v) is 11.2. The van der Waals surface area contributed by atoms with Crippen molar-refractivity contribution < 1.29 is 24.2 Å². The highest BCUT2D eigenvalue weighted by Crippen LogP contribution is 2.23. The highest BCUT2D eigenvalue weighted by atomic mass is 16.5. The minimum Gasteiger partial charge on any atom is -0.480 e. The minimum atomic E-state index is -1.08. The molecule has 0 unspecified atom stereocenters. The first kappa shape index (κ1) is 15.9. The lowest BCUT2D eigenvalue weighted by Gasteiger charge is -2.11. The van der Waals surface area contributed by atoms with Crippen molar-refractivity contribution in [3.8, 4) is 5.75 Å². The largest absolute Gasteiger partial charge is 0.480 e. The van der Waals surface area contributed by atoms with Crippen LogP contribution in [-0.4, -0.2) is 50.4 Å². The Morgan fingerprint density at radius 3 is 2.75 bits per heavy atom. The van der Waals surface area contributed by atoms with Gasteiger partial charge in [0.1, 0.15) is 5.75 Å². The predicted octanol–water partition coefficient (Wildman–Crippen LogP) is 0.324. The molecule has 0 fully saturated rings. The van der Waals surface area contributed by atoms with Crippen LogP contribution < -0.4 is 15.4 Å². The maximum Gasteiger partial charge on any atom is 0.341 e. The van der Waals surface area contributed by atoms with Crippen LogP contribution in [0.2, 0.25) is 0 Å². The van der Waals surface area contributed by atoms with Gasteiger partial charge < -0.3 is 25.2 Å². The number of carbonyl (C=O) groups excluding carboxylic acids is 1. The van der Waals surface area contributed by atoms with Crippen molar-refractivity contribution in [2.24, 2.45) is 0 Å². The highest BCUT2D eigenvalue weighted by Gasteiger charge is 2.08. The zero-order valence-electron chi connectivity index (χ0n) is 11.2. The molecule has 1 amide bonds. The number of nitrogens with one attached hydrogen (secondary N) is 2. The number of methoxy groups -OCH3 is 1. The SMILES string of the molecule is COCCNCC(=O)Nc1ccccc1OCC(=O)O. The summed E-state index contributed by atoms with van der Waals surface area (Å²) in [6.07, 6.45) is 0. The van der Waals surface area contributed by atoms with E-state index in [2.05, 4.69) is 10.6 Å². The zero-order chi connectivity index (χ0) is 14.8. The molecule has 20 heavy (non-hydrogen) atoms. The molecule has 0 saturated heterocycles. The number of carbonyl (C=O) groups is 2. The van der Waals surface area contributed by atoms with Gasteiger partial charge >= 0.3 is 5.97 Å². The van der Waals surface area contributed by atoms with Gasteiger partial charge in [-0.05, 0) is 12.1 Å². The van der Waals surface area contributed by atoms with Crippen molar-refractivity contribution >= 4 is 17.6 Å². The van der Waals surface area contributed by atoms with Gasteiger partial charge in [0.25, 0.3) is 0 Å². The Bertz CT molecular complexity index is 450. The number of benzene rings is 1. The maximum atomic E-state index is 11.7. The van der Waals surface area contributed by atoms with Gasteiger partial charge in [-0.25, -0.2) is 4.79 Å². The third kappa shape index (κ3) is 6.17. The van der Waals surface area contributed by atoms with Crippen molar-refractivity contribution in [3.05, 3.63) is 24.3 Å². The van der Waals surface area contributed by atoms with E-state index in [4.69, 9.17) is 14.6 Å². The van der Waals surface area contributed by atoms with E-state index in [0.717, 1.165) is 0 Å². The normalized spacial score (nSPS) is 10.1. The summed E-state index contributed by atoms with van der Waals surface area (Å²) in [7, 11) is 1.58. The third-order valence-electron chi connectivity index (χ3n) is 2.28. The van der Waals surface area contributed by atoms with Gasteiger partial charge in [0.15, 0.2) is 6.61 Å². The number of amides is 1. The number of anilines is 1. The van der Waals surface area contributed by atoms with Crippen molar-refractivity contribution in [3.63, 3.8) is 0 Å². The number of aliphatic carboxylic acids is 1. The molecule has 7 heteroatoms. The fraction of sp³-hybridized carbons (Fsp3) is 0.385. The number of ether oxygens (including phenoxy) is 2. The molecule has 0 radical (unpaired) electrons. The van der Waals surface area contributed by atoms with E-state index >= 15 is 0 Å². The molecule has 7 nitrogen and oxygen atoms in total. The number of rotatable bonds is 9. The number of para-hydroxylation sites is 2. The van der Waals surface area contributed by atoms with E-state index in [1.54, 1.807) is 31.4 Å². The van der Waals surface area contributed by atoms with Crippen molar-refractivity contribution in [1.29, 1.82) is 0 Å². The molecule has 0 aliphatic carbocycles. The summed E-state index contributed by atoms with van der Waals surface area (Å²) in [5.41, 5.74) is 0.437. The summed E-state index contributed by atoms with van der Waals surface area (Å²) in [5.74, 6) is -1.00. The van der Waals surface area contributed by atoms with Gasteiger partial charge in [0, 0.05) is 13.7 Å². The summed E-state index contributed by atoms with van der Waals surface area (Å²) in [6, 6.07) is 6.66. The van der Waals surface area contributed by atoms with Crippen molar-refractivity contribution in [2.45, 2.75) is 0 Å². The molecule has 0 spiro atoms. The second kappa shape index (κ2) is 8.89. The number of hydrogen-bond donors (Lipinski definition) is 3. The van der Waals surface area contributed by atoms with Gasteiger partial charge in [0.2, 0.25) is 5.91 Å². The molecule has 0 aliphatic rings. The number of carboxylic acid groups (broad SMARTS) is 1. The summed E-state index contributed by atoms with van der Waals surface area (Å²) in [6.45, 7) is 0.766. The van der Waals surface area contributed by atoms with E-state index < -0.39 is 12.6 Å². The third-order valence-corrected chi connectivity index (χ3v) is 2.28. The molecule has 1 aromatic rings. The van der Waals surface area contributed by atoms with E-state index in [1.165, 1.54) is 0 Å². The van der Waals surface area contributed by atoms with Crippen LogP contribution in [0.4, 0.5) is 5.69 Å². The van der Waals surface area contributed by atoms with Crippen LogP contribution in [0.1, 0.15) is 0 Å². The van der Waals surface area contributed by atoms with Gasteiger partial charge in [-0.2, -0.15) is 0 Å². The molecule has 1 aromatic carbocycles. The Kier molecular flexibility index (Phi) is 7.08. The molecule has 0 atom stereocenters. The molecule has 0 aromatic heterocycles. The molecule has 3 N–H and O–H groups in total. The molecule has 0 saturated carbocycles. The molecular weight excluding hydrogens is 264 g/mol. The van der Waals surface area contributed by atoms with Crippen molar-refractivity contribution in [1.82, 2.24) is 5.32 Å². The smallest absolute Gasteiger partial charge is 0.341 e. The Balaban J connectivity index is 2.49. The van der Waals surface area contributed by atoms with Gasteiger partial charge in [-0.1, -0.05) is 12.1 Å². The molecule has 0 aliphatic heterocycles. The quantitative estimate of drug-likeness (QED) is 0.565. The Morgan fingerprint density at radius 2 is 2.05 bits per heavy atom. The highest BCUT2D eigenvalue weighted by molar-refractivity contribution is 5.93. The summed E-state index contributed by atoms with van der Waals surface area (Å²) < 4.78 is 9.93. The number of hydrogen-bond acceptors (Lipinski definition) is 5. The molecule has 0 bridgehead atoms. The second-order valence-electron chi connectivity index (χ2n) is 3.90. The average molecular weight is 282 g/mol. The van der Waals surface area contributed by atoms with E-state index in [9.17, 15) is 9.59 Å². The standard InChI is InChI=1S/C13H18N2O5/c1-19-7-6-14-8-12(16)15-10-4-2-3-5-11(10)20-9-13(17)18/h2-5,14H,6-9H2,1H3,(H,15,16)(H,17,18). The van der Waals surface area contributed by atoms with E-state index in [-0.39, 0.29) is 12.5 Å². The first-order valence-electron chi connectivity index (χ1n) is 6.06. The average Bonchev–Trinajstić information content (AvgIpc) is 2.42. The maximum absolute atomic E-state index is 11.7. The monoisotopic (exact) mass is 282 g/mol. The Morgan fingerprint density at radius 1 is 1.30 bits per heavy atom. The summed E-state index contributed by atoms with van der Waals surface area (Å²) in [4.78, 5) is 22.2. The summed E-state index contributed by atoms with van der Waals surface area (Å²) in [5, 5.41) is 14.1. The summed E-state index contributed by atoms with van der Waals surface area (Å²) >= 11 is 0. The number of carboxylic acids is 1. The van der Waals surface area contributed by atoms with Crippen LogP contribution in [0.15, 0.2) is 24.3 Å². The van der Waals surface area contributed by atoms with Gasteiger partial charge in [0.05, 0.1) is 18.8 Å². The van der Waals surface area contributed by atoms with Crippen LogP contribution in [0.3, 0.4) is 0 Å². The molecule has 110 valence electrons. The van der Waals surface area contributed by atoms with Crippen LogP contribution in [0.25, 0.3) is 0 Å². The molecular formula is C13H18N2O5. The van der Waals surface area contributed by atoms with Crippen LogP contribution in [-0.2, 0) is 14.3 Å². The topological polar surface area (TPSA) is 96.9 Å². The van der Waals surface area contributed by atoms with Gasteiger partial charge in [-0.15, -0.1) is 0 Å². The van der Waals surface area contributed by atoms with Gasteiger partial charge in [-0.3, -0.25) is 4.79 Å². The second-order valence-corrected chi connectivity index (χ2v) is 3.90. The lowest BCUT2D eigenvalue weighted by atomic mass is 10.3. The molecule has 0 heterocycles. The van der Waals surface area contributed by atoms with Crippen LogP contribution in [0.5, 0.6) is 5.75 Å². The fourth-order valence-corrected chi connectivity index (χ4v) is 1.41. The Labute approximate surface area is 116 Å². The molecule has 1 rings (SSSR count). The first-order chi connectivity index (χ1) is 9.63. The minimum absolute atomic E-state index is 0.136. The first-order valence-corrected chi connectivity index (χ1v) is 6.06. The van der Waals surface area contributed by atoms with E-state index in [1.807, 2.05) is 0 Å². The lowest BCUT2D eigenvalue weighted by Crippen LogP contribution is -2.30. The van der Waals surface area contributed by atoms with E-state index in [0.29, 0.717) is 24.6 Å².